The highest BCUT2D eigenvalue weighted by atomic mass is 35.5. The van der Waals surface area contributed by atoms with Gasteiger partial charge in [-0.05, 0) is 19.1 Å². The summed E-state index contributed by atoms with van der Waals surface area (Å²) in [5.74, 6) is -3.04. The van der Waals surface area contributed by atoms with Crippen molar-refractivity contribution in [3.63, 3.8) is 0 Å². The molecule has 0 bridgehead atoms. The van der Waals surface area contributed by atoms with E-state index in [1.54, 1.807) is 12.3 Å². The number of carbonyl (C=O) groups excluding carboxylic acids is 1. The number of nitrogens with two attached hydrogens (primary N) is 1. The second kappa shape index (κ2) is 10.1. The van der Waals surface area contributed by atoms with Crippen LogP contribution >= 0.6 is 22.9 Å². The minimum absolute atomic E-state index is 0.0696. The molecule has 0 aliphatic rings. The lowest BCUT2D eigenvalue weighted by Crippen LogP contribution is -2.21. The highest BCUT2D eigenvalue weighted by Gasteiger charge is 2.24. The number of amides is 1. The normalized spacial score (nSPS) is 10.2. The van der Waals surface area contributed by atoms with E-state index in [1.165, 1.54) is 18.2 Å². The summed E-state index contributed by atoms with van der Waals surface area (Å²) < 4.78 is 19.4. The van der Waals surface area contributed by atoms with Gasteiger partial charge in [-0.3, -0.25) is 10.1 Å². The summed E-state index contributed by atoms with van der Waals surface area (Å²) in [5, 5.41) is 24.2. The predicted octanol–water partition coefficient (Wildman–Crippen LogP) is 2.53. The summed E-state index contributed by atoms with van der Waals surface area (Å²) in [6.45, 7) is 2.09. The average Bonchev–Trinajstić information content (AvgIpc) is 3.28. The number of anilines is 1. The molecule has 0 radical (unpaired) electrons. The number of aliphatic hydroxyl groups excluding tert-OH is 1. The number of halogens is 2. The molecule has 0 aliphatic carbocycles. The van der Waals surface area contributed by atoms with Crippen LogP contribution in [0.5, 0.6) is 0 Å². The molecule has 0 saturated carbocycles. The van der Waals surface area contributed by atoms with Gasteiger partial charge in [-0.25, -0.2) is 14.2 Å². The molecule has 3 aromatic rings. The van der Waals surface area contributed by atoms with E-state index in [4.69, 9.17) is 32.1 Å². The second-order valence-electron chi connectivity index (χ2n) is 5.37. The van der Waals surface area contributed by atoms with E-state index in [9.17, 15) is 14.0 Å². The van der Waals surface area contributed by atoms with Crippen molar-refractivity contribution in [1.82, 2.24) is 10.1 Å². The first-order valence-electron chi connectivity index (χ1n) is 8.01. The zero-order valence-electron chi connectivity index (χ0n) is 15.0. The Morgan fingerprint density at radius 1 is 1.38 bits per heavy atom. The van der Waals surface area contributed by atoms with E-state index in [0.717, 1.165) is 11.3 Å². The third kappa shape index (κ3) is 5.35. The maximum Gasteiger partial charge on any atom is 0.394 e. The third-order valence-corrected chi connectivity index (χ3v) is 4.44. The van der Waals surface area contributed by atoms with Crippen LogP contribution in [-0.2, 0) is 9.59 Å². The van der Waals surface area contributed by atoms with Crippen LogP contribution in [0.3, 0.4) is 0 Å². The van der Waals surface area contributed by atoms with E-state index in [-0.39, 0.29) is 28.0 Å². The van der Waals surface area contributed by atoms with Gasteiger partial charge >= 0.3 is 11.9 Å². The van der Waals surface area contributed by atoms with Gasteiger partial charge in [0.05, 0.1) is 28.5 Å². The van der Waals surface area contributed by atoms with Gasteiger partial charge in [0.25, 0.3) is 0 Å². The van der Waals surface area contributed by atoms with Crippen molar-refractivity contribution >= 4 is 39.9 Å². The van der Waals surface area contributed by atoms with E-state index in [0.29, 0.717) is 23.6 Å². The van der Waals surface area contributed by atoms with Gasteiger partial charge in [0.15, 0.2) is 5.13 Å². The van der Waals surface area contributed by atoms with Crippen molar-refractivity contribution in [2.24, 2.45) is 5.73 Å². The first-order valence-corrected chi connectivity index (χ1v) is 9.27. The summed E-state index contributed by atoms with van der Waals surface area (Å²) in [5.41, 5.74) is 5.76. The largest absolute Gasteiger partial charge is 0.474 e. The highest BCUT2D eigenvalue weighted by Crippen LogP contribution is 2.39. The maximum atomic E-state index is 14.2. The number of aliphatic hydroxyl groups is 1. The Hall–Kier alpha value is -2.86. The van der Waals surface area contributed by atoms with Crippen LogP contribution < -0.4 is 11.1 Å². The molecule has 3 rings (SSSR count). The molecule has 0 atom stereocenters. The summed E-state index contributed by atoms with van der Waals surface area (Å²) in [6.07, 6.45) is 0. The Morgan fingerprint density at radius 2 is 2.07 bits per heavy atom. The van der Waals surface area contributed by atoms with Crippen LogP contribution in [-0.4, -0.2) is 45.4 Å². The molecular formula is C17H16ClFN4O5S. The number of rotatable bonds is 4. The second-order valence-corrected chi connectivity index (χ2v) is 6.63. The van der Waals surface area contributed by atoms with Crippen LogP contribution in [0.25, 0.3) is 22.5 Å². The van der Waals surface area contributed by atoms with Gasteiger partial charge in [0, 0.05) is 11.9 Å². The Labute approximate surface area is 172 Å². The van der Waals surface area contributed by atoms with E-state index < -0.39 is 17.7 Å². The van der Waals surface area contributed by atoms with Gasteiger partial charge in [0.1, 0.15) is 17.3 Å². The zero-order valence-corrected chi connectivity index (χ0v) is 16.6. The van der Waals surface area contributed by atoms with Gasteiger partial charge in [-0.2, -0.15) is 0 Å². The molecule has 0 aliphatic heterocycles. The number of nitrogens with one attached hydrogen (secondary N) is 1. The van der Waals surface area contributed by atoms with Crippen molar-refractivity contribution < 1.29 is 28.7 Å². The fourth-order valence-corrected chi connectivity index (χ4v) is 3.11. The summed E-state index contributed by atoms with van der Waals surface area (Å²) in [7, 11) is 0. The molecule has 0 fully saturated rings. The Bertz CT molecular complexity index is 1000. The standard InChI is InChI=1S/C15H9ClFN3O4S.C2H7NO/c1-6-10(9-5-25-15(18-9)19-13(21)14(22)23)12(20-24-6)11-7(16)3-2-4-8(11)17;3-1-2-4/h2-5H,1H3,(H,22,23)(H,18,19,21);4H,1-3H2. The zero-order chi connectivity index (χ0) is 21.6. The molecule has 0 saturated heterocycles. The molecule has 2 aromatic heterocycles. The van der Waals surface area contributed by atoms with Crippen LogP contribution in [0, 0.1) is 12.7 Å². The Kier molecular flexibility index (Phi) is 7.79. The molecule has 29 heavy (non-hydrogen) atoms. The van der Waals surface area contributed by atoms with Crippen molar-refractivity contribution in [2.75, 3.05) is 18.5 Å². The first kappa shape index (κ1) is 22.4. The first-order chi connectivity index (χ1) is 13.8. The number of aliphatic carboxylic acids is 1. The molecule has 0 spiro atoms. The number of carbonyl (C=O) groups is 2. The fraction of sp³-hybridized carbons (Fsp3) is 0.176. The lowest BCUT2D eigenvalue weighted by molar-refractivity contribution is -0.147. The number of carboxylic acid groups (broad SMARTS) is 1. The predicted molar refractivity (Wildman–Crippen MR) is 105 cm³/mol. The number of carboxylic acids is 1. The molecule has 0 unspecified atom stereocenters. The third-order valence-electron chi connectivity index (χ3n) is 3.37. The number of hydrogen-bond acceptors (Lipinski definition) is 8. The smallest absolute Gasteiger partial charge is 0.394 e. The fourth-order valence-electron chi connectivity index (χ4n) is 2.17. The minimum Gasteiger partial charge on any atom is -0.474 e. The van der Waals surface area contributed by atoms with Crippen LogP contribution in [0.15, 0.2) is 28.1 Å². The van der Waals surface area contributed by atoms with Gasteiger partial charge in [-0.1, -0.05) is 22.8 Å². The van der Waals surface area contributed by atoms with Gasteiger partial charge in [-0.15, -0.1) is 11.3 Å². The lowest BCUT2D eigenvalue weighted by atomic mass is 10.0. The molecule has 1 aromatic carbocycles. The average molecular weight is 443 g/mol. The SMILES string of the molecule is Cc1onc(-c2c(F)cccc2Cl)c1-c1csc(NC(=O)C(=O)O)n1.NCCO. The van der Waals surface area contributed by atoms with Crippen molar-refractivity contribution in [1.29, 1.82) is 0 Å². The molecule has 154 valence electrons. The molecule has 2 heterocycles. The van der Waals surface area contributed by atoms with Gasteiger partial charge < -0.3 is 20.5 Å². The summed E-state index contributed by atoms with van der Waals surface area (Å²) >= 11 is 7.09. The maximum absolute atomic E-state index is 14.2. The monoisotopic (exact) mass is 442 g/mol. The Morgan fingerprint density at radius 3 is 2.66 bits per heavy atom. The lowest BCUT2D eigenvalue weighted by Gasteiger charge is -2.04. The topological polar surface area (TPSA) is 152 Å². The van der Waals surface area contributed by atoms with Gasteiger partial charge in [0.2, 0.25) is 0 Å². The molecule has 12 heteroatoms. The van der Waals surface area contributed by atoms with E-state index in [2.05, 4.69) is 15.5 Å². The minimum atomic E-state index is -1.63. The van der Waals surface area contributed by atoms with Crippen LogP contribution in [0.4, 0.5) is 9.52 Å². The number of aromatic nitrogens is 2. The molecular weight excluding hydrogens is 427 g/mol. The number of nitrogens with zero attached hydrogens (tertiary/aromatic N) is 2. The van der Waals surface area contributed by atoms with Crippen LogP contribution in [0.2, 0.25) is 5.02 Å². The quantitative estimate of drug-likeness (QED) is 0.450. The number of aryl methyl sites for hydroxylation is 1. The highest BCUT2D eigenvalue weighted by molar-refractivity contribution is 7.14. The number of benzene rings is 1. The van der Waals surface area contributed by atoms with Crippen LogP contribution in [0.1, 0.15) is 5.76 Å². The number of thiazole rings is 1. The summed E-state index contributed by atoms with van der Waals surface area (Å²) in [4.78, 5) is 25.9. The molecule has 5 N–H and O–H groups in total. The summed E-state index contributed by atoms with van der Waals surface area (Å²) in [6, 6.07) is 4.23. The van der Waals surface area contributed by atoms with Crippen molar-refractivity contribution in [2.45, 2.75) is 6.92 Å². The molecule has 9 nitrogen and oxygen atoms in total. The van der Waals surface area contributed by atoms with E-state index in [1.807, 2.05) is 0 Å². The van der Waals surface area contributed by atoms with E-state index >= 15 is 0 Å². The molecule has 1 amide bonds. The van der Waals surface area contributed by atoms with Crippen molar-refractivity contribution in [3.05, 3.63) is 40.2 Å². The number of hydrogen-bond donors (Lipinski definition) is 4. The van der Waals surface area contributed by atoms with Crippen molar-refractivity contribution in [3.8, 4) is 22.5 Å². The Balaban J connectivity index is 0.000000687.